The number of amidine groups is 1. The van der Waals surface area contributed by atoms with E-state index in [9.17, 15) is 18.0 Å². The van der Waals surface area contributed by atoms with E-state index < -0.39 is 34.9 Å². The molecule has 1 amide bonds. The number of carboxylic acid groups (broad SMARTS) is 1. The molecule has 2 aliphatic rings. The maximum atomic E-state index is 12.0. The smallest absolute Gasteiger partial charge is 0.329 e. The molecule has 0 radical (unpaired) electrons. The highest BCUT2D eigenvalue weighted by molar-refractivity contribution is 8.16. The first kappa shape index (κ1) is 18.9. The van der Waals surface area contributed by atoms with E-state index in [1.54, 1.807) is 0 Å². The molecule has 1 aromatic rings. The van der Waals surface area contributed by atoms with Gasteiger partial charge in [0.25, 0.3) is 5.91 Å². The third-order valence-electron chi connectivity index (χ3n) is 4.11. The summed E-state index contributed by atoms with van der Waals surface area (Å²) >= 11 is 1.27. The van der Waals surface area contributed by atoms with Gasteiger partial charge < -0.3 is 14.7 Å². The second-order valence-corrected chi connectivity index (χ2v) is 9.49. The minimum atomic E-state index is -3.13. The van der Waals surface area contributed by atoms with Crippen LogP contribution in [0.3, 0.4) is 0 Å². The fourth-order valence-electron chi connectivity index (χ4n) is 3.04. The number of carboxylic acids is 1. The van der Waals surface area contributed by atoms with Crippen LogP contribution in [0, 0.1) is 6.92 Å². The maximum Gasteiger partial charge on any atom is 0.329 e. The molecule has 0 bridgehead atoms. The number of carbonyl (C=O) groups excluding carboxylic acids is 1. The van der Waals surface area contributed by atoms with Gasteiger partial charge in [-0.05, 0) is 18.6 Å². The molecule has 1 aromatic carbocycles. The molecule has 0 saturated carbocycles. The van der Waals surface area contributed by atoms with Gasteiger partial charge in [0.15, 0.2) is 15.0 Å². The summed E-state index contributed by atoms with van der Waals surface area (Å²) in [5.41, 5.74) is 1.75. The van der Waals surface area contributed by atoms with Crippen molar-refractivity contribution in [3.63, 3.8) is 0 Å². The number of aliphatic carboxylic acids is 1. The van der Waals surface area contributed by atoms with Crippen molar-refractivity contribution in [1.29, 1.82) is 0 Å². The summed E-state index contributed by atoms with van der Waals surface area (Å²) in [6.45, 7) is 0.895. The minimum Gasteiger partial charge on any atom is -0.480 e. The summed E-state index contributed by atoms with van der Waals surface area (Å²) in [4.78, 5) is 28.3. The largest absolute Gasteiger partial charge is 0.480 e. The number of aliphatic imine (C=N–C) groups is 1. The van der Waals surface area contributed by atoms with Gasteiger partial charge in [-0.25, -0.2) is 13.2 Å². The molecular formula is C16H18N2O6S2. The van der Waals surface area contributed by atoms with Crippen LogP contribution < -0.4 is 4.90 Å². The van der Waals surface area contributed by atoms with E-state index in [4.69, 9.17) is 9.84 Å². The quantitative estimate of drug-likeness (QED) is 0.771. The summed E-state index contributed by atoms with van der Waals surface area (Å²) in [5.74, 6) is -1.70. The van der Waals surface area contributed by atoms with Gasteiger partial charge in [0, 0.05) is 10.9 Å². The fourth-order valence-corrected chi connectivity index (χ4v) is 6.97. The number of rotatable bonds is 5. The van der Waals surface area contributed by atoms with Crippen molar-refractivity contribution in [1.82, 2.24) is 0 Å². The predicted molar refractivity (Wildman–Crippen MR) is 98.4 cm³/mol. The molecule has 10 heteroatoms. The van der Waals surface area contributed by atoms with Crippen LogP contribution in [0.25, 0.3) is 0 Å². The van der Waals surface area contributed by atoms with E-state index >= 15 is 0 Å². The van der Waals surface area contributed by atoms with Crippen molar-refractivity contribution in [2.24, 2.45) is 4.99 Å². The Kier molecular flexibility index (Phi) is 5.35. The van der Waals surface area contributed by atoms with Crippen LogP contribution in [0.4, 0.5) is 5.69 Å². The topological polar surface area (TPSA) is 113 Å². The van der Waals surface area contributed by atoms with Crippen LogP contribution in [0.1, 0.15) is 5.56 Å². The molecule has 2 heterocycles. The molecule has 0 aromatic heterocycles. The van der Waals surface area contributed by atoms with Crippen LogP contribution in [-0.4, -0.2) is 66.6 Å². The van der Waals surface area contributed by atoms with Crippen molar-refractivity contribution in [3.8, 4) is 0 Å². The molecule has 3 rings (SSSR count). The molecule has 2 aliphatic heterocycles. The number of amides is 1. The lowest BCUT2D eigenvalue weighted by molar-refractivity contribution is -0.143. The first-order chi connectivity index (χ1) is 12.3. The van der Waals surface area contributed by atoms with E-state index in [0.29, 0.717) is 5.17 Å². The van der Waals surface area contributed by atoms with Gasteiger partial charge in [0.2, 0.25) is 0 Å². The Hall–Kier alpha value is -1.91. The average Bonchev–Trinajstić information content (AvgIpc) is 2.98. The zero-order valence-electron chi connectivity index (χ0n) is 14.0. The van der Waals surface area contributed by atoms with Crippen LogP contribution in [0.5, 0.6) is 0 Å². The summed E-state index contributed by atoms with van der Waals surface area (Å²) in [7, 11) is -3.13. The van der Waals surface area contributed by atoms with Gasteiger partial charge in [0.1, 0.15) is 13.2 Å². The predicted octanol–water partition coefficient (Wildman–Crippen LogP) is 0.698. The molecule has 2 fully saturated rings. The number of fused-ring (bicyclic) bond motifs is 1. The summed E-state index contributed by atoms with van der Waals surface area (Å²) < 4.78 is 28.8. The number of hydrogen-bond acceptors (Lipinski definition) is 6. The van der Waals surface area contributed by atoms with Gasteiger partial charge >= 0.3 is 5.97 Å². The maximum absolute atomic E-state index is 12.0. The zero-order chi connectivity index (χ0) is 18.9. The molecule has 0 aliphatic carbocycles. The number of thioether (sulfide) groups is 1. The summed E-state index contributed by atoms with van der Waals surface area (Å²) in [5, 5.41) is 8.78. The first-order valence-electron chi connectivity index (χ1n) is 7.90. The number of hydrogen-bond donors (Lipinski definition) is 1. The number of para-hydroxylation sites is 1. The molecule has 8 nitrogen and oxygen atoms in total. The van der Waals surface area contributed by atoms with Crippen LogP contribution in [0.2, 0.25) is 0 Å². The van der Waals surface area contributed by atoms with Crippen molar-refractivity contribution in [3.05, 3.63) is 29.8 Å². The number of benzene rings is 1. The molecule has 0 spiro atoms. The van der Waals surface area contributed by atoms with Crippen LogP contribution >= 0.6 is 11.8 Å². The van der Waals surface area contributed by atoms with E-state index in [1.165, 1.54) is 11.8 Å². The van der Waals surface area contributed by atoms with Crippen LogP contribution in [-0.2, 0) is 24.2 Å². The Morgan fingerprint density at radius 1 is 1.31 bits per heavy atom. The number of ether oxygens (including phenoxy) is 1. The van der Waals surface area contributed by atoms with Crippen molar-refractivity contribution < 1.29 is 27.9 Å². The highest BCUT2D eigenvalue weighted by Gasteiger charge is 2.49. The zero-order valence-corrected chi connectivity index (χ0v) is 15.6. The minimum absolute atomic E-state index is 0.0156. The molecule has 1 N–H and O–H groups in total. The van der Waals surface area contributed by atoms with Crippen molar-refractivity contribution >= 4 is 44.3 Å². The lowest BCUT2D eigenvalue weighted by Crippen LogP contribution is -2.38. The van der Waals surface area contributed by atoms with Gasteiger partial charge in [-0.15, -0.1) is 0 Å². The average molecular weight is 398 g/mol. The monoisotopic (exact) mass is 398 g/mol. The van der Waals surface area contributed by atoms with Gasteiger partial charge in [0.05, 0.1) is 17.5 Å². The number of sulfone groups is 1. The highest BCUT2D eigenvalue weighted by atomic mass is 32.2. The molecular weight excluding hydrogens is 380 g/mol. The number of nitrogens with zero attached hydrogens (tertiary/aromatic N) is 2. The first-order valence-corrected chi connectivity index (χ1v) is 10.6. The third kappa shape index (κ3) is 4.08. The van der Waals surface area contributed by atoms with Gasteiger partial charge in [-0.1, -0.05) is 30.0 Å². The molecule has 0 unspecified atom stereocenters. The van der Waals surface area contributed by atoms with Gasteiger partial charge in [-0.2, -0.15) is 4.99 Å². The normalized spacial score (nSPS) is 25.4. The lowest BCUT2D eigenvalue weighted by atomic mass is 10.1. The Balaban J connectivity index is 1.87. The molecule has 2 atom stereocenters. The Bertz CT molecular complexity index is 867. The standard InChI is InChI=1S/C16H18N2O6S2/c1-10-4-2-3-5-11(10)18-12-8-26(22,23)9-13(12)25-16(18)17-14(19)6-24-7-15(20)21/h2-5,12-13H,6-9H2,1H3,(H,20,21)/t12-,13-/m0/s1. The van der Waals surface area contributed by atoms with Crippen molar-refractivity contribution in [2.45, 2.75) is 18.2 Å². The van der Waals surface area contributed by atoms with Crippen molar-refractivity contribution in [2.75, 3.05) is 29.6 Å². The highest BCUT2D eigenvalue weighted by Crippen LogP contribution is 2.41. The van der Waals surface area contributed by atoms with E-state index in [1.807, 2.05) is 36.1 Å². The Labute approximate surface area is 155 Å². The van der Waals surface area contributed by atoms with E-state index in [2.05, 4.69) is 4.99 Å². The van der Waals surface area contributed by atoms with Crippen LogP contribution in [0.15, 0.2) is 29.3 Å². The lowest BCUT2D eigenvalue weighted by Gasteiger charge is -2.26. The number of aryl methyl sites for hydroxylation is 1. The molecule has 26 heavy (non-hydrogen) atoms. The second kappa shape index (κ2) is 7.37. The number of carbonyl (C=O) groups is 2. The molecule has 140 valence electrons. The second-order valence-electron chi connectivity index (χ2n) is 6.13. The fraction of sp³-hybridized carbons (Fsp3) is 0.438. The van der Waals surface area contributed by atoms with Gasteiger partial charge in [-0.3, -0.25) is 4.79 Å². The van der Waals surface area contributed by atoms with E-state index in [-0.39, 0.29) is 22.8 Å². The molecule has 2 saturated heterocycles. The summed E-state index contributed by atoms with van der Waals surface area (Å²) in [6.07, 6.45) is 0. The third-order valence-corrected chi connectivity index (χ3v) is 7.32. The Morgan fingerprint density at radius 2 is 2.04 bits per heavy atom. The SMILES string of the molecule is Cc1ccccc1N1C(=NC(=O)COCC(=O)O)S[C@H]2CS(=O)(=O)C[C@@H]21. The Morgan fingerprint density at radius 3 is 2.73 bits per heavy atom. The van der Waals surface area contributed by atoms with E-state index in [0.717, 1.165) is 11.3 Å². The summed E-state index contributed by atoms with van der Waals surface area (Å²) in [6, 6.07) is 7.22. The number of anilines is 1.